The van der Waals surface area contributed by atoms with Crippen LogP contribution in [-0.4, -0.2) is 25.0 Å². The molecule has 1 heterocycles. The summed E-state index contributed by atoms with van der Waals surface area (Å²) in [7, 11) is 0. The number of nitrogens with zero attached hydrogens (tertiary/aromatic N) is 2. The molecule has 4 heteroatoms. The number of benzene rings is 2. The van der Waals surface area contributed by atoms with Gasteiger partial charge in [0.15, 0.2) is 0 Å². The molecule has 2 aromatic rings. The van der Waals surface area contributed by atoms with E-state index in [1.165, 1.54) is 5.56 Å². The lowest BCUT2D eigenvalue weighted by molar-refractivity contribution is -0.118. The molecule has 0 fully saturated rings. The van der Waals surface area contributed by atoms with Gasteiger partial charge in [0.25, 0.3) is 0 Å². The molecule has 1 unspecified atom stereocenters. The number of nitrogens with two attached hydrogens (primary N) is 1. The summed E-state index contributed by atoms with van der Waals surface area (Å²) in [6, 6.07) is 18.8. The number of anilines is 2. The molecule has 4 nitrogen and oxygen atoms in total. The second-order valence-electron chi connectivity index (χ2n) is 6.81. The highest BCUT2D eigenvalue weighted by molar-refractivity contribution is 5.97. The Labute approximate surface area is 150 Å². The van der Waals surface area contributed by atoms with Crippen molar-refractivity contribution in [2.45, 2.75) is 38.8 Å². The molecule has 2 N–H and O–H groups in total. The summed E-state index contributed by atoms with van der Waals surface area (Å²) in [6.45, 7) is 4.52. The van der Waals surface area contributed by atoms with Gasteiger partial charge in [0.2, 0.25) is 5.91 Å². The molecule has 3 rings (SSSR count). The zero-order valence-corrected chi connectivity index (χ0v) is 14.9. The Kier molecular flexibility index (Phi) is 5.71. The fraction of sp³-hybridized carbons (Fsp3) is 0.381. The van der Waals surface area contributed by atoms with Crippen LogP contribution in [0.4, 0.5) is 11.4 Å². The Balaban J connectivity index is 1.84. The highest BCUT2D eigenvalue weighted by Gasteiger charge is 2.24. The first-order chi connectivity index (χ1) is 12.1. The van der Waals surface area contributed by atoms with Crippen LogP contribution in [0.5, 0.6) is 0 Å². The van der Waals surface area contributed by atoms with E-state index < -0.39 is 0 Å². The monoisotopic (exact) mass is 337 g/mol. The molecule has 1 aliphatic rings. The van der Waals surface area contributed by atoms with Crippen molar-refractivity contribution in [1.29, 1.82) is 0 Å². The largest absolute Gasteiger partial charge is 0.365 e. The van der Waals surface area contributed by atoms with Crippen LogP contribution >= 0.6 is 0 Å². The van der Waals surface area contributed by atoms with Gasteiger partial charge in [-0.1, -0.05) is 42.5 Å². The van der Waals surface area contributed by atoms with Gasteiger partial charge in [0.05, 0.1) is 11.4 Å². The quantitative estimate of drug-likeness (QED) is 0.907. The smallest absolute Gasteiger partial charge is 0.227 e. The maximum absolute atomic E-state index is 12.7. The summed E-state index contributed by atoms with van der Waals surface area (Å²) < 4.78 is 0. The summed E-state index contributed by atoms with van der Waals surface area (Å²) >= 11 is 0. The van der Waals surface area contributed by atoms with E-state index in [1.807, 2.05) is 30.0 Å². The van der Waals surface area contributed by atoms with Crippen molar-refractivity contribution in [1.82, 2.24) is 0 Å². The maximum Gasteiger partial charge on any atom is 0.227 e. The zero-order chi connectivity index (χ0) is 17.6. The van der Waals surface area contributed by atoms with E-state index >= 15 is 0 Å². The number of carbonyl (C=O) groups is 1. The summed E-state index contributed by atoms with van der Waals surface area (Å²) in [5.41, 5.74) is 9.27. The van der Waals surface area contributed by atoms with Crippen LogP contribution in [-0.2, 0) is 11.3 Å². The molecule has 1 amide bonds. The van der Waals surface area contributed by atoms with Gasteiger partial charge in [0, 0.05) is 32.1 Å². The summed E-state index contributed by atoms with van der Waals surface area (Å²) in [6.07, 6.45) is 2.20. The van der Waals surface area contributed by atoms with Crippen molar-refractivity contribution in [3.05, 3.63) is 60.2 Å². The summed E-state index contributed by atoms with van der Waals surface area (Å²) in [5, 5.41) is 0. The van der Waals surface area contributed by atoms with Gasteiger partial charge in [-0.15, -0.1) is 0 Å². The van der Waals surface area contributed by atoms with E-state index in [2.05, 4.69) is 41.3 Å². The Hall–Kier alpha value is -2.33. The van der Waals surface area contributed by atoms with Crippen LogP contribution < -0.4 is 15.5 Å². The Bertz CT molecular complexity index is 699. The van der Waals surface area contributed by atoms with E-state index in [9.17, 15) is 4.79 Å². The predicted molar refractivity (Wildman–Crippen MR) is 104 cm³/mol. The first-order valence-corrected chi connectivity index (χ1v) is 9.09. The summed E-state index contributed by atoms with van der Waals surface area (Å²) in [5.74, 6) is 0.173. The van der Waals surface area contributed by atoms with E-state index in [0.717, 1.165) is 43.9 Å². The van der Waals surface area contributed by atoms with Crippen molar-refractivity contribution in [3.8, 4) is 0 Å². The third kappa shape index (κ3) is 4.40. The molecule has 132 valence electrons. The minimum atomic E-state index is 0.0563. The van der Waals surface area contributed by atoms with Gasteiger partial charge in [-0.05, 0) is 37.5 Å². The van der Waals surface area contributed by atoms with Gasteiger partial charge >= 0.3 is 0 Å². The maximum atomic E-state index is 12.7. The molecule has 0 saturated heterocycles. The van der Waals surface area contributed by atoms with Crippen molar-refractivity contribution in [3.63, 3.8) is 0 Å². The van der Waals surface area contributed by atoms with Crippen molar-refractivity contribution < 1.29 is 4.79 Å². The highest BCUT2D eigenvalue weighted by Crippen LogP contribution is 2.33. The van der Waals surface area contributed by atoms with Crippen LogP contribution in [0, 0.1) is 0 Å². The van der Waals surface area contributed by atoms with Gasteiger partial charge in [-0.3, -0.25) is 4.79 Å². The molecule has 1 atom stereocenters. The lowest BCUT2D eigenvalue weighted by atomic mass is 10.1. The minimum Gasteiger partial charge on any atom is -0.365 e. The average Bonchev–Trinajstić information content (AvgIpc) is 2.81. The summed E-state index contributed by atoms with van der Waals surface area (Å²) in [4.78, 5) is 17.1. The molecule has 0 aliphatic carbocycles. The molecule has 0 saturated carbocycles. The second kappa shape index (κ2) is 8.17. The highest BCUT2D eigenvalue weighted by atomic mass is 16.2. The van der Waals surface area contributed by atoms with Gasteiger partial charge in [-0.2, -0.15) is 0 Å². The Morgan fingerprint density at radius 2 is 1.72 bits per heavy atom. The molecule has 0 bridgehead atoms. The molecular formula is C21H27N3O. The van der Waals surface area contributed by atoms with Crippen LogP contribution in [0.1, 0.15) is 31.7 Å². The number of para-hydroxylation sites is 2. The molecule has 0 aromatic heterocycles. The topological polar surface area (TPSA) is 49.6 Å². The second-order valence-corrected chi connectivity index (χ2v) is 6.81. The molecular weight excluding hydrogens is 310 g/mol. The third-order valence-corrected chi connectivity index (χ3v) is 4.65. The van der Waals surface area contributed by atoms with Crippen molar-refractivity contribution in [2.24, 2.45) is 5.73 Å². The number of hydrogen-bond donors (Lipinski definition) is 1. The SMILES string of the molecule is CC(N)CCC(=O)N1CCCN(Cc2ccccc2)c2ccccc21. The lowest BCUT2D eigenvalue weighted by Crippen LogP contribution is -2.32. The predicted octanol–water partition coefficient (Wildman–Crippen LogP) is 3.56. The molecule has 2 aromatic carbocycles. The van der Waals surface area contributed by atoms with Crippen molar-refractivity contribution in [2.75, 3.05) is 22.9 Å². The Morgan fingerprint density at radius 1 is 1.04 bits per heavy atom. The normalized spacial score (nSPS) is 15.4. The van der Waals surface area contributed by atoms with E-state index in [4.69, 9.17) is 5.73 Å². The van der Waals surface area contributed by atoms with Crippen LogP contribution in [0.3, 0.4) is 0 Å². The molecule has 1 aliphatic heterocycles. The number of fused-ring (bicyclic) bond motifs is 1. The van der Waals surface area contributed by atoms with Gasteiger partial charge in [0.1, 0.15) is 0 Å². The van der Waals surface area contributed by atoms with E-state index in [-0.39, 0.29) is 11.9 Å². The van der Waals surface area contributed by atoms with E-state index in [0.29, 0.717) is 6.42 Å². The zero-order valence-electron chi connectivity index (χ0n) is 14.9. The van der Waals surface area contributed by atoms with Gasteiger partial charge in [-0.25, -0.2) is 0 Å². The number of carbonyl (C=O) groups excluding carboxylic acids is 1. The van der Waals surface area contributed by atoms with Crippen LogP contribution in [0.15, 0.2) is 54.6 Å². The van der Waals surface area contributed by atoms with Gasteiger partial charge < -0.3 is 15.5 Å². The van der Waals surface area contributed by atoms with Crippen LogP contribution in [0.2, 0.25) is 0 Å². The van der Waals surface area contributed by atoms with Crippen molar-refractivity contribution >= 4 is 17.3 Å². The molecule has 0 radical (unpaired) electrons. The third-order valence-electron chi connectivity index (χ3n) is 4.65. The minimum absolute atomic E-state index is 0.0563. The Morgan fingerprint density at radius 3 is 2.44 bits per heavy atom. The number of rotatable bonds is 5. The lowest BCUT2D eigenvalue weighted by Gasteiger charge is -2.27. The molecule has 25 heavy (non-hydrogen) atoms. The first kappa shape index (κ1) is 17.5. The fourth-order valence-corrected chi connectivity index (χ4v) is 3.33. The van der Waals surface area contributed by atoms with E-state index in [1.54, 1.807) is 0 Å². The number of hydrogen-bond acceptors (Lipinski definition) is 3. The number of amides is 1. The average molecular weight is 337 g/mol. The molecule has 0 spiro atoms. The van der Waals surface area contributed by atoms with Crippen LogP contribution in [0.25, 0.3) is 0 Å². The standard InChI is InChI=1S/C21H27N3O/c1-17(22)12-13-21(25)24-15-7-14-23(16-18-8-3-2-4-9-18)19-10-5-6-11-20(19)24/h2-6,8-11,17H,7,12-16,22H2,1H3. The first-order valence-electron chi connectivity index (χ1n) is 9.09. The fourth-order valence-electron chi connectivity index (χ4n) is 3.33.